The summed E-state index contributed by atoms with van der Waals surface area (Å²) in [6.07, 6.45) is 16.0. The second kappa shape index (κ2) is 16.7. The van der Waals surface area contributed by atoms with E-state index in [9.17, 15) is 0 Å². The van der Waals surface area contributed by atoms with Crippen LogP contribution in [0.15, 0.2) is 47.2 Å². The molecule has 2 aliphatic carbocycles. The molecule has 0 aliphatic heterocycles. The van der Waals surface area contributed by atoms with Gasteiger partial charge in [0.2, 0.25) is 5.96 Å². The molecule has 0 amide bonds. The van der Waals surface area contributed by atoms with Crippen molar-refractivity contribution in [2.75, 3.05) is 25.1 Å². The lowest BCUT2D eigenvalue weighted by Gasteiger charge is -2.25. The molecule has 1 aromatic heterocycles. The van der Waals surface area contributed by atoms with Gasteiger partial charge in [0.05, 0.1) is 36.8 Å². The third-order valence-electron chi connectivity index (χ3n) is 8.04. The molecule has 0 saturated heterocycles. The van der Waals surface area contributed by atoms with Crippen molar-refractivity contribution in [2.24, 2.45) is 15.9 Å². The van der Waals surface area contributed by atoms with Gasteiger partial charge in [0.1, 0.15) is 33.2 Å². The van der Waals surface area contributed by atoms with Gasteiger partial charge in [-0.2, -0.15) is 0 Å². The number of anilines is 1. The number of hydrogen-bond donors (Lipinski definition) is 3. The van der Waals surface area contributed by atoms with Crippen molar-refractivity contribution in [3.8, 4) is 11.6 Å². The van der Waals surface area contributed by atoms with E-state index in [1.807, 2.05) is 36.0 Å². The minimum absolute atomic E-state index is 0.0684. The van der Waals surface area contributed by atoms with Gasteiger partial charge in [-0.1, -0.05) is 43.5 Å². The van der Waals surface area contributed by atoms with E-state index < -0.39 is 0 Å². The standard InChI is InChI=1S/C31H46B2ClN7O3/c1-3-37-30(38-15-14-23-10-13-26(34)28(18-23)44-22(2)19-36-21-35)39-27-20-41(25-8-5-4-6-9-25)40-29(27)42-16-7-17-43-31(32,33)24-11-12-24/h3,10,13,15,18,20-22,24-25H,1,4-9,11-12,14,16-17,19,32-33H2,2H3,(H2,35,36)(H,37,39)/b38-15-/t22-/m0/s1. The van der Waals surface area contributed by atoms with Crippen molar-refractivity contribution in [1.29, 1.82) is 5.41 Å². The molecule has 1 aromatic carbocycles. The summed E-state index contributed by atoms with van der Waals surface area (Å²) in [6.45, 7) is 7.35. The average molecular weight is 622 g/mol. The van der Waals surface area contributed by atoms with Crippen molar-refractivity contribution in [2.45, 2.75) is 82.3 Å². The fraction of sp³-hybridized carbons (Fsp3) is 0.548. The first kappa shape index (κ1) is 33.6. The fourth-order valence-electron chi connectivity index (χ4n) is 5.35. The first-order chi connectivity index (χ1) is 21.3. The molecule has 44 heavy (non-hydrogen) atoms. The highest BCUT2D eigenvalue weighted by molar-refractivity contribution is 6.39. The predicted molar refractivity (Wildman–Crippen MR) is 185 cm³/mol. The molecule has 2 saturated carbocycles. The third kappa shape index (κ3) is 10.4. The molecule has 1 atom stereocenters. The number of hydrogen-bond acceptors (Lipinski definition) is 6. The smallest absolute Gasteiger partial charge is 0.256 e. The van der Waals surface area contributed by atoms with Crippen LogP contribution in [-0.2, 0) is 11.2 Å². The zero-order valence-corrected chi connectivity index (χ0v) is 27.1. The van der Waals surface area contributed by atoms with Gasteiger partial charge >= 0.3 is 0 Å². The number of aromatic nitrogens is 2. The number of halogens is 1. The Hall–Kier alpha value is -3.24. The van der Waals surface area contributed by atoms with Crippen LogP contribution in [0.5, 0.6) is 11.6 Å². The lowest BCUT2D eigenvalue weighted by molar-refractivity contribution is 0.0536. The Labute approximate surface area is 268 Å². The average Bonchev–Trinajstić information content (AvgIpc) is 3.81. The van der Waals surface area contributed by atoms with Gasteiger partial charge in [0, 0.05) is 37.3 Å². The van der Waals surface area contributed by atoms with E-state index in [1.54, 1.807) is 6.21 Å². The molecule has 0 radical (unpaired) electrons. The topological polar surface area (TPSA) is 118 Å². The lowest BCUT2D eigenvalue weighted by atomic mass is 9.62. The predicted octanol–water partition coefficient (Wildman–Crippen LogP) is 4.35. The summed E-state index contributed by atoms with van der Waals surface area (Å²) in [5.41, 5.74) is 1.71. The van der Waals surface area contributed by atoms with Crippen LogP contribution < -0.4 is 20.1 Å². The number of rotatable bonds is 17. The molecule has 2 fully saturated rings. The van der Waals surface area contributed by atoms with Gasteiger partial charge in [-0.3, -0.25) is 10.1 Å². The molecule has 4 rings (SSSR count). The van der Waals surface area contributed by atoms with Crippen LogP contribution in [0.4, 0.5) is 5.69 Å². The van der Waals surface area contributed by atoms with Crippen LogP contribution in [0.1, 0.15) is 69.9 Å². The molecule has 1 heterocycles. The number of nitrogens with zero attached hydrogens (tertiary/aromatic N) is 4. The molecule has 3 N–H and O–H groups in total. The van der Waals surface area contributed by atoms with Gasteiger partial charge in [0.15, 0.2) is 0 Å². The Kier molecular flexibility index (Phi) is 12.8. The van der Waals surface area contributed by atoms with E-state index >= 15 is 0 Å². The second-order valence-electron chi connectivity index (χ2n) is 12.1. The van der Waals surface area contributed by atoms with Gasteiger partial charge in [0.25, 0.3) is 5.88 Å². The Bertz CT molecular complexity index is 1290. The van der Waals surface area contributed by atoms with Crippen LogP contribution in [0.25, 0.3) is 0 Å². The van der Waals surface area contributed by atoms with Crippen LogP contribution in [-0.4, -0.2) is 75.2 Å². The fourth-order valence-corrected chi connectivity index (χ4v) is 5.51. The van der Waals surface area contributed by atoms with Crippen molar-refractivity contribution < 1.29 is 14.2 Å². The Morgan fingerprint density at radius 1 is 1.25 bits per heavy atom. The lowest BCUT2D eigenvalue weighted by Crippen LogP contribution is -2.36. The van der Waals surface area contributed by atoms with E-state index in [2.05, 4.69) is 42.9 Å². The molecular formula is C31H46B2ClN7O3. The number of ether oxygens (including phenoxy) is 3. The molecular weight excluding hydrogens is 575 g/mol. The molecule has 2 aliphatic rings. The zero-order valence-electron chi connectivity index (χ0n) is 26.4. The summed E-state index contributed by atoms with van der Waals surface area (Å²) in [4.78, 5) is 8.96. The molecule has 10 nitrogen and oxygen atoms in total. The maximum absolute atomic E-state index is 7.13. The quantitative estimate of drug-likeness (QED) is 0.105. The maximum atomic E-state index is 7.13. The minimum atomic E-state index is -0.151. The van der Waals surface area contributed by atoms with E-state index in [-0.39, 0.29) is 11.5 Å². The van der Waals surface area contributed by atoms with Crippen LogP contribution in [0.2, 0.25) is 5.02 Å². The van der Waals surface area contributed by atoms with Crippen molar-refractivity contribution >= 4 is 51.5 Å². The molecule has 0 unspecified atom stereocenters. The molecule has 2 aromatic rings. The summed E-state index contributed by atoms with van der Waals surface area (Å²) < 4.78 is 20.3. The first-order valence-electron chi connectivity index (χ1n) is 15.8. The Balaban J connectivity index is 1.39. The summed E-state index contributed by atoms with van der Waals surface area (Å²) in [6, 6.07) is 6.02. The van der Waals surface area contributed by atoms with Gasteiger partial charge in [-0.25, -0.2) is 9.98 Å². The van der Waals surface area contributed by atoms with E-state index in [0.717, 1.165) is 36.9 Å². The second-order valence-corrected chi connectivity index (χ2v) is 12.5. The Morgan fingerprint density at radius 2 is 2.05 bits per heavy atom. The summed E-state index contributed by atoms with van der Waals surface area (Å²) in [5.74, 6) is 2.19. The molecule has 0 bridgehead atoms. The SMILES string of the molecule is BC(B)(OCCCOc1nn(C2CCCCC2)cc1NC(/N=C\Cc1ccc(Cl)c(O[C@@H](C)CNC=N)c1)=N/C=C)C1CC1. The summed E-state index contributed by atoms with van der Waals surface area (Å²) in [7, 11) is 4.36. The first-order valence-corrected chi connectivity index (χ1v) is 16.2. The largest absolute Gasteiger partial charge is 0.487 e. The molecule has 236 valence electrons. The number of benzene rings is 1. The van der Waals surface area contributed by atoms with E-state index in [4.69, 9.17) is 36.3 Å². The maximum Gasteiger partial charge on any atom is 0.256 e. The van der Waals surface area contributed by atoms with Gasteiger partial charge in [-0.05, 0) is 56.2 Å². The highest BCUT2D eigenvalue weighted by Crippen LogP contribution is 2.38. The van der Waals surface area contributed by atoms with E-state index in [1.165, 1.54) is 38.3 Å². The number of guanidine groups is 1. The van der Waals surface area contributed by atoms with Crippen molar-refractivity contribution in [3.05, 3.63) is 47.8 Å². The van der Waals surface area contributed by atoms with Crippen LogP contribution in [0, 0.1) is 11.3 Å². The number of nitrogens with one attached hydrogen (secondary N) is 3. The monoisotopic (exact) mass is 621 g/mol. The zero-order chi connectivity index (χ0) is 31.4. The van der Waals surface area contributed by atoms with Gasteiger partial charge < -0.3 is 24.8 Å². The van der Waals surface area contributed by atoms with Crippen LogP contribution in [0.3, 0.4) is 0 Å². The van der Waals surface area contributed by atoms with Crippen LogP contribution >= 0.6 is 11.6 Å². The third-order valence-corrected chi connectivity index (χ3v) is 8.35. The summed E-state index contributed by atoms with van der Waals surface area (Å²) in [5, 5.41) is 18.6. The summed E-state index contributed by atoms with van der Waals surface area (Å²) >= 11 is 6.36. The van der Waals surface area contributed by atoms with Crippen molar-refractivity contribution in [1.82, 2.24) is 15.1 Å². The van der Waals surface area contributed by atoms with E-state index in [0.29, 0.717) is 60.8 Å². The normalized spacial score (nSPS) is 16.9. The van der Waals surface area contributed by atoms with Crippen molar-refractivity contribution in [3.63, 3.8) is 0 Å². The highest BCUT2D eigenvalue weighted by atomic mass is 35.5. The molecule has 0 spiro atoms. The van der Waals surface area contributed by atoms with Gasteiger partial charge in [-0.15, -0.1) is 5.10 Å². The minimum Gasteiger partial charge on any atom is -0.487 e. The Morgan fingerprint density at radius 3 is 2.77 bits per heavy atom. The molecule has 13 heteroatoms. The number of aliphatic imine (C=N–C) groups is 2. The highest BCUT2D eigenvalue weighted by Gasteiger charge is 2.38.